The number of amides is 1. The van der Waals surface area contributed by atoms with Crippen molar-refractivity contribution >= 4 is 35.4 Å². The third-order valence-corrected chi connectivity index (χ3v) is 9.12. The molecule has 1 fully saturated rings. The summed E-state index contributed by atoms with van der Waals surface area (Å²) in [5, 5.41) is 18.2. The molecule has 3 rings (SSSR count). The minimum atomic E-state index is -1.25. The molecule has 2 aromatic carbocycles. The van der Waals surface area contributed by atoms with E-state index in [1.807, 2.05) is 61.3 Å². The third-order valence-electron chi connectivity index (χ3n) is 7.42. The number of carboxylic acid groups (broad SMARTS) is 1. The van der Waals surface area contributed by atoms with Gasteiger partial charge in [-0.3, -0.25) is 4.79 Å². The third kappa shape index (κ3) is 10.9. The van der Waals surface area contributed by atoms with Gasteiger partial charge in [-0.15, -0.1) is 0 Å². The van der Waals surface area contributed by atoms with E-state index in [1.165, 1.54) is 38.5 Å². The maximum Gasteiger partial charge on any atom is 1.00 e. The molecule has 8 heteroatoms. The molecule has 0 saturated heterocycles. The molecule has 39 heavy (non-hydrogen) atoms. The number of rotatable bonds is 15. The topological polar surface area (TPSA) is 81.3 Å². The monoisotopic (exact) mass is 562 g/mol. The van der Waals surface area contributed by atoms with Crippen LogP contribution in [0.15, 0.2) is 42.5 Å². The zero-order valence-electron chi connectivity index (χ0n) is 24.1. The first-order valence-electron chi connectivity index (χ1n) is 13.9. The SMILES string of the molecule is CCSCC(CC1CCCCC1)NCc1ccc(C(=O)N[C@@H](CCSC)C(=O)[O-])c(-c2ccccc2C)c1.[Li+]. The largest absolute Gasteiger partial charge is 1.00 e. The van der Waals surface area contributed by atoms with Gasteiger partial charge in [-0.2, -0.15) is 23.5 Å². The Morgan fingerprint density at radius 1 is 1.08 bits per heavy atom. The summed E-state index contributed by atoms with van der Waals surface area (Å²) in [7, 11) is 0. The Balaban J connectivity index is 0.00000533. The second kappa shape index (κ2) is 18.1. The molecule has 2 aromatic rings. The van der Waals surface area contributed by atoms with Crippen molar-refractivity contribution in [3.05, 3.63) is 59.2 Å². The molecule has 0 heterocycles. The number of aryl methyl sites for hydroxylation is 1. The summed E-state index contributed by atoms with van der Waals surface area (Å²) in [6.45, 7) is 4.98. The second-order valence-corrected chi connectivity index (χ2v) is 12.6. The number of nitrogens with one attached hydrogen (secondary N) is 2. The standard InChI is InChI=1S/C31H44N2O3S2.Li/c1-4-38-21-25(18-23-11-6-5-7-12-23)32-20-24-14-15-27(28(19-24)26-13-9-8-10-22(26)2)30(34)33-29(31(35)36)16-17-37-3;/h8-10,13-15,19,23,25,29,32H,4-7,11-12,16-18,20-21H2,1-3H3,(H,33,34)(H,35,36);/q;+1/p-1/t25?,29-;/m0./s1. The number of thioether (sulfide) groups is 2. The van der Waals surface area contributed by atoms with E-state index in [9.17, 15) is 14.7 Å². The number of benzene rings is 2. The van der Waals surface area contributed by atoms with Crippen LogP contribution in [0, 0.1) is 12.8 Å². The van der Waals surface area contributed by atoms with Gasteiger partial charge in [-0.25, -0.2) is 0 Å². The maximum atomic E-state index is 13.3. The van der Waals surface area contributed by atoms with Crippen LogP contribution in [0.1, 0.15) is 73.4 Å². The van der Waals surface area contributed by atoms with Crippen molar-refractivity contribution in [2.75, 3.05) is 23.5 Å². The van der Waals surface area contributed by atoms with E-state index in [1.54, 1.807) is 11.8 Å². The smallest absolute Gasteiger partial charge is 0.548 e. The first-order chi connectivity index (χ1) is 18.4. The summed E-state index contributed by atoms with van der Waals surface area (Å²) in [5.41, 5.74) is 4.48. The van der Waals surface area contributed by atoms with Gasteiger partial charge in [0.05, 0.1) is 12.0 Å². The molecule has 0 aliphatic heterocycles. The predicted octanol–water partition coefficient (Wildman–Crippen LogP) is 2.45. The van der Waals surface area contributed by atoms with Crippen LogP contribution in [0.2, 0.25) is 0 Å². The molecule has 0 spiro atoms. The summed E-state index contributed by atoms with van der Waals surface area (Å²) < 4.78 is 0. The van der Waals surface area contributed by atoms with E-state index in [-0.39, 0.29) is 24.8 Å². The molecule has 0 radical (unpaired) electrons. The van der Waals surface area contributed by atoms with Crippen LogP contribution in [0.25, 0.3) is 11.1 Å². The number of carbonyl (C=O) groups excluding carboxylic acids is 2. The number of carboxylic acids is 1. The Bertz CT molecular complexity index is 1050. The predicted molar refractivity (Wildman–Crippen MR) is 161 cm³/mol. The summed E-state index contributed by atoms with van der Waals surface area (Å²) in [4.78, 5) is 25.0. The molecule has 5 nitrogen and oxygen atoms in total. The molecule has 2 atom stereocenters. The van der Waals surface area contributed by atoms with E-state index >= 15 is 0 Å². The second-order valence-electron chi connectivity index (χ2n) is 10.3. The van der Waals surface area contributed by atoms with Gasteiger partial charge in [0.15, 0.2) is 0 Å². The number of hydrogen-bond donors (Lipinski definition) is 2. The first-order valence-corrected chi connectivity index (χ1v) is 16.5. The zero-order chi connectivity index (χ0) is 27.3. The summed E-state index contributed by atoms with van der Waals surface area (Å²) in [6, 6.07) is 13.4. The molecule has 1 amide bonds. The molecule has 2 N–H and O–H groups in total. The summed E-state index contributed by atoms with van der Waals surface area (Å²) >= 11 is 3.54. The minimum absolute atomic E-state index is 0. The zero-order valence-corrected chi connectivity index (χ0v) is 25.7. The van der Waals surface area contributed by atoms with E-state index in [4.69, 9.17) is 0 Å². The average Bonchev–Trinajstić information content (AvgIpc) is 2.93. The average molecular weight is 563 g/mol. The van der Waals surface area contributed by atoms with Crippen molar-refractivity contribution < 1.29 is 33.6 Å². The fraction of sp³-hybridized carbons (Fsp3) is 0.548. The number of hydrogen-bond acceptors (Lipinski definition) is 6. The van der Waals surface area contributed by atoms with Crippen molar-refractivity contribution in [3.8, 4) is 11.1 Å². The fourth-order valence-corrected chi connectivity index (χ4v) is 6.52. The first kappa shape index (κ1) is 33.8. The van der Waals surface area contributed by atoms with Gasteiger partial charge in [0.1, 0.15) is 0 Å². The van der Waals surface area contributed by atoms with Crippen LogP contribution in [0.3, 0.4) is 0 Å². The number of aliphatic carboxylic acids is 1. The Hall–Kier alpha value is -1.36. The number of carbonyl (C=O) groups is 2. The molecular weight excluding hydrogens is 519 g/mol. The molecule has 1 unspecified atom stereocenters. The normalized spacial score (nSPS) is 15.3. The Morgan fingerprint density at radius 3 is 2.49 bits per heavy atom. The summed E-state index contributed by atoms with van der Waals surface area (Å²) in [6.07, 6.45) is 10.3. The molecule has 1 saturated carbocycles. The van der Waals surface area contributed by atoms with Gasteiger partial charge in [0.2, 0.25) is 0 Å². The maximum absolute atomic E-state index is 13.3. The van der Waals surface area contributed by atoms with Gasteiger partial charge in [0, 0.05) is 23.9 Å². The molecule has 1 aliphatic carbocycles. The molecule has 0 aromatic heterocycles. The van der Waals surface area contributed by atoms with E-state index in [0.717, 1.165) is 46.2 Å². The van der Waals surface area contributed by atoms with Gasteiger partial charge in [-0.1, -0.05) is 69.4 Å². The van der Waals surface area contributed by atoms with E-state index < -0.39 is 12.0 Å². The Labute approximate surface area is 255 Å². The van der Waals surface area contributed by atoms with Gasteiger partial charge in [0.25, 0.3) is 5.91 Å². The van der Waals surface area contributed by atoms with Crippen LogP contribution >= 0.6 is 23.5 Å². The van der Waals surface area contributed by atoms with Crippen LogP contribution in [-0.4, -0.2) is 47.5 Å². The van der Waals surface area contributed by atoms with Crippen LogP contribution < -0.4 is 34.6 Å². The van der Waals surface area contributed by atoms with Crippen LogP contribution in [0.4, 0.5) is 0 Å². The minimum Gasteiger partial charge on any atom is -0.548 e. The van der Waals surface area contributed by atoms with Gasteiger partial charge in [-0.05, 0) is 77.8 Å². The van der Waals surface area contributed by atoms with Crippen molar-refractivity contribution in [1.82, 2.24) is 10.6 Å². The molecule has 208 valence electrons. The molecular formula is C31H43LiN2O3S2. The Morgan fingerprint density at radius 2 is 1.82 bits per heavy atom. The fourth-order valence-electron chi connectivity index (χ4n) is 5.28. The van der Waals surface area contributed by atoms with Crippen molar-refractivity contribution in [3.63, 3.8) is 0 Å². The van der Waals surface area contributed by atoms with Gasteiger partial charge >= 0.3 is 18.9 Å². The quantitative estimate of drug-likeness (QED) is 0.325. The Kier molecular flexibility index (Phi) is 15.7. The van der Waals surface area contributed by atoms with Crippen molar-refractivity contribution in [2.24, 2.45) is 5.92 Å². The molecule has 1 aliphatic rings. The van der Waals surface area contributed by atoms with Crippen LogP contribution in [0.5, 0.6) is 0 Å². The van der Waals surface area contributed by atoms with Crippen molar-refractivity contribution in [2.45, 2.75) is 77.4 Å². The summed E-state index contributed by atoms with van der Waals surface area (Å²) in [5.74, 6) is 2.04. The van der Waals surface area contributed by atoms with Crippen molar-refractivity contribution in [1.29, 1.82) is 0 Å². The molecule has 0 bridgehead atoms. The van der Waals surface area contributed by atoms with Gasteiger partial charge < -0.3 is 20.5 Å². The van der Waals surface area contributed by atoms with E-state index in [2.05, 4.69) is 23.6 Å². The van der Waals surface area contributed by atoms with E-state index in [0.29, 0.717) is 23.8 Å². The van der Waals surface area contributed by atoms with Crippen LogP contribution in [-0.2, 0) is 11.3 Å².